The second kappa shape index (κ2) is 23.0. The topological polar surface area (TPSA) is 369 Å². The minimum absolute atomic E-state index is 0. The quantitative estimate of drug-likeness (QED) is 0.0393. The summed E-state index contributed by atoms with van der Waals surface area (Å²) in [4.78, 5) is 62.7. The first-order valence-electron chi connectivity index (χ1n) is 18.1. The Balaban J connectivity index is 0.000000295. The van der Waals surface area contributed by atoms with Crippen LogP contribution in [0.5, 0.6) is 5.75 Å². The van der Waals surface area contributed by atoms with Crippen molar-refractivity contribution in [1.29, 1.82) is 0 Å². The number of benzene rings is 3. The zero-order chi connectivity index (χ0) is 47.7. The number of para-hydroxylation sites is 1. The first-order valence-corrected chi connectivity index (χ1v) is 22.0. The van der Waals surface area contributed by atoms with Gasteiger partial charge in [-0.25, -0.2) is 41.5 Å². The molecular formula is C37H40Cl2N11NaO12S2. The van der Waals surface area contributed by atoms with Crippen molar-refractivity contribution in [3.63, 3.8) is 0 Å². The summed E-state index contributed by atoms with van der Waals surface area (Å²) in [6.07, 6.45) is 0.138. The number of carbonyl (C=O) groups is 4. The number of hydrogen-bond donors (Lipinski definition) is 7. The van der Waals surface area contributed by atoms with Gasteiger partial charge >= 0.3 is 41.5 Å². The van der Waals surface area contributed by atoms with E-state index in [0.29, 0.717) is 23.4 Å². The number of amides is 1. The van der Waals surface area contributed by atoms with Gasteiger partial charge in [0.15, 0.2) is 17.0 Å². The van der Waals surface area contributed by atoms with Gasteiger partial charge in [0.25, 0.3) is 5.91 Å². The van der Waals surface area contributed by atoms with Crippen molar-refractivity contribution in [2.45, 2.75) is 41.4 Å². The van der Waals surface area contributed by atoms with Gasteiger partial charge in [-0.3, -0.25) is 4.79 Å². The van der Waals surface area contributed by atoms with Gasteiger partial charge in [-0.1, -0.05) is 23.7 Å². The number of methoxy groups -OCH3 is 1. The third-order valence-corrected chi connectivity index (χ3v) is 12.5. The fourth-order valence-corrected chi connectivity index (χ4v) is 8.56. The van der Waals surface area contributed by atoms with Crippen molar-refractivity contribution >= 4 is 101 Å². The van der Waals surface area contributed by atoms with Gasteiger partial charge in [0.2, 0.25) is 26.0 Å². The van der Waals surface area contributed by atoms with Crippen LogP contribution in [0.15, 0.2) is 76.7 Å². The van der Waals surface area contributed by atoms with E-state index in [9.17, 15) is 41.1 Å². The average molecular weight is 989 g/mol. The maximum atomic E-state index is 12.4. The number of alkyl halides is 1. The minimum atomic E-state index is -4.12. The summed E-state index contributed by atoms with van der Waals surface area (Å²) in [6.45, 7) is 0.364. The number of aromatic hydroxyl groups is 1. The second-order valence-electron chi connectivity index (χ2n) is 13.3. The number of carboxylic acids is 2. The maximum absolute atomic E-state index is 12.4. The number of nitrogens with zero attached hydrogens (tertiary/aromatic N) is 6. The largest absolute Gasteiger partial charge is 1.00 e. The maximum Gasteiger partial charge on any atom is 1.00 e. The van der Waals surface area contributed by atoms with Crippen molar-refractivity contribution in [2.24, 2.45) is 5.14 Å². The van der Waals surface area contributed by atoms with Crippen LogP contribution >= 0.6 is 23.2 Å². The van der Waals surface area contributed by atoms with Crippen molar-refractivity contribution in [3.05, 3.63) is 88.7 Å². The zero-order valence-corrected chi connectivity index (χ0v) is 39.9. The molecule has 65 heavy (non-hydrogen) atoms. The van der Waals surface area contributed by atoms with Gasteiger partial charge in [0, 0.05) is 31.3 Å². The molecule has 28 heteroatoms. The van der Waals surface area contributed by atoms with Crippen LogP contribution in [-0.4, -0.2) is 114 Å². The Labute approximate surface area is 403 Å². The first kappa shape index (κ1) is 53.7. The molecule has 0 aliphatic carbocycles. The Bertz CT molecular complexity index is 2800. The van der Waals surface area contributed by atoms with Gasteiger partial charge in [0.05, 0.1) is 42.1 Å². The zero-order valence-electron chi connectivity index (χ0n) is 34.8. The van der Waals surface area contributed by atoms with Gasteiger partial charge in [-0.2, -0.15) is 14.3 Å². The van der Waals surface area contributed by atoms with Crippen LogP contribution in [0, 0.1) is 0 Å². The van der Waals surface area contributed by atoms with Gasteiger partial charge < -0.3 is 51.9 Å². The molecule has 5 aromatic rings. The number of aromatic nitrogens is 4. The van der Waals surface area contributed by atoms with Crippen molar-refractivity contribution in [3.8, 4) is 5.75 Å². The number of aliphatic carboxylic acids is 2. The molecule has 2 aromatic heterocycles. The standard InChI is InChI=1S/C20H22N8O5.C9H11Cl2N3O4S2.C8H8O3.Na/c1-28(9-11-8-23-17-15(24-11)16(21)26-20(22)27-17)12-4-2-10(3-5-12)18(31)25-13(19(32)33)6-7-14(29)30;1-14-9(4-10)13-6-2-5(11)7(19(12,15)16)3-8(6)20(14,17)18;1-11-8(10)6-4-2-3-5-7(6)9;/h2-5,8,13H,6-7,9H2,1H3,(H,25,31)(H,29,30)(H,32,33)(H4,21,22,23,26,27);2-3,9,13H,4H2,1H3,(H2,12,15,16);2-5,9H,1H3;/q;;;+1/p-1/t13-;;;/m0.../s1. The molecule has 1 aliphatic rings. The number of ether oxygens (including phenoxy) is 1. The number of nitrogens with two attached hydrogens (primary N) is 3. The molecule has 10 N–H and O–H groups in total. The molecule has 23 nitrogen and oxygen atoms in total. The number of carbonyl (C=O) groups excluding carboxylic acids is 3. The van der Waals surface area contributed by atoms with E-state index in [-0.39, 0.29) is 86.1 Å². The SMILES string of the molecule is CN(Cc1cnc2nc(N)nc(N)c2n1)c1ccc(C(=O)N[C@@H](CCC(=O)[O-])C(=O)O)cc1.CN1C(CCl)Nc2cc(Cl)c(S(N)(=O)=O)cc2S1(=O)=O.COC(=O)c1ccccc1O.[Na+]. The summed E-state index contributed by atoms with van der Waals surface area (Å²) in [6, 6.07) is 13.5. The van der Waals surface area contributed by atoms with E-state index >= 15 is 0 Å². The number of fused-ring (bicyclic) bond motifs is 2. The molecule has 2 atom stereocenters. The summed E-state index contributed by atoms with van der Waals surface area (Å²) in [5.74, 6) is -3.78. The monoisotopic (exact) mass is 987 g/mol. The second-order valence-corrected chi connectivity index (χ2v) is 17.6. The number of hydrogen-bond acceptors (Lipinski definition) is 19. The summed E-state index contributed by atoms with van der Waals surface area (Å²) in [7, 11) is -3.58. The molecule has 0 saturated carbocycles. The average Bonchev–Trinajstić information content (AvgIpc) is 3.23. The third kappa shape index (κ3) is 13.9. The summed E-state index contributed by atoms with van der Waals surface area (Å²) in [5, 5.41) is 38.9. The van der Waals surface area contributed by atoms with E-state index in [1.807, 2.05) is 11.9 Å². The van der Waals surface area contributed by atoms with E-state index in [0.717, 1.165) is 16.1 Å². The molecule has 1 unspecified atom stereocenters. The molecule has 342 valence electrons. The van der Waals surface area contributed by atoms with E-state index < -0.39 is 67.4 Å². The minimum Gasteiger partial charge on any atom is -0.550 e. The number of phenols is 1. The number of sulfonamides is 2. The first-order chi connectivity index (χ1) is 30.0. The van der Waals surface area contributed by atoms with Crippen LogP contribution in [0.4, 0.5) is 23.1 Å². The number of halogens is 2. The van der Waals surface area contributed by atoms with E-state index in [2.05, 4.69) is 35.3 Å². The Hall–Kier alpha value is -5.64. The van der Waals surface area contributed by atoms with Gasteiger partial charge in [-0.15, -0.1) is 11.6 Å². The van der Waals surface area contributed by atoms with Crippen molar-refractivity contribution in [2.75, 3.05) is 48.8 Å². The van der Waals surface area contributed by atoms with Crippen LogP contribution in [0.25, 0.3) is 11.2 Å². The molecule has 0 saturated heterocycles. The molecule has 0 spiro atoms. The molecule has 1 aliphatic heterocycles. The number of rotatable bonds is 12. The number of anilines is 4. The molecule has 3 aromatic carbocycles. The fourth-order valence-electron chi connectivity index (χ4n) is 5.59. The van der Waals surface area contributed by atoms with Crippen LogP contribution < -0.4 is 66.8 Å². The predicted octanol–water partition coefficient (Wildman–Crippen LogP) is -2.29. The number of nitrogen functional groups attached to an aromatic ring is 2. The van der Waals surface area contributed by atoms with Crippen LogP contribution in [0.1, 0.15) is 39.3 Å². The third-order valence-electron chi connectivity index (χ3n) is 8.93. The molecule has 3 heterocycles. The predicted molar refractivity (Wildman–Crippen MR) is 231 cm³/mol. The molecule has 0 bridgehead atoms. The van der Waals surface area contributed by atoms with E-state index in [1.54, 1.807) is 30.5 Å². The Morgan fingerprint density at radius 3 is 2.29 bits per heavy atom. The number of carboxylic acid groups (broad SMARTS) is 2. The Morgan fingerprint density at radius 2 is 1.72 bits per heavy atom. The van der Waals surface area contributed by atoms with Gasteiger partial charge in [0.1, 0.15) is 33.3 Å². The van der Waals surface area contributed by atoms with Gasteiger partial charge in [-0.05, 0) is 61.4 Å². The molecule has 0 fully saturated rings. The van der Waals surface area contributed by atoms with Crippen molar-refractivity contribution in [1.82, 2.24) is 29.6 Å². The van der Waals surface area contributed by atoms with Crippen LogP contribution in [0.3, 0.4) is 0 Å². The fraction of sp³-hybridized carbons (Fsp3) is 0.243. The Morgan fingerprint density at radius 1 is 1.08 bits per heavy atom. The molecule has 0 radical (unpaired) electrons. The Kier molecular flexibility index (Phi) is 19.0. The summed E-state index contributed by atoms with van der Waals surface area (Å²) in [5.41, 5.74) is 14.0. The smallest absolute Gasteiger partial charge is 0.550 e. The number of primary sulfonamides is 1. The summed E-state index contributed by atoms with van der Waals surface area (Å²) < 4.78 is 52.9. The van der Waals surface area contributed by atoms with E-state index in [1.165, 1.54) is 44.5 Å². The number of esters is 1. The van der Waals surface area contributed by atoms with Crippen molar-refractivity contribution < 1.29 is 85.6 Å². The van der Waals surface area contributed by atoms with E-state index in [4.69, 9.17) is 50.0 Å². The number of phenolic OH excluding ortho intramolecular Hbond substituents is 1. The molecular weight excluding hydrogens is 949 g/mol. The molecule has 6 rings (SSSR count). The van der Waals surface area contributed by atoms with Crippen LogP contribution in [0.2, 0.25) is 5.02 Å². The summed E-state index contributed by atoms with van der Waals surface area (Å²) >= 11 is 11.5. The van der Waals surface area contributed by atoms with Crippen LogP contribution in [-0.2, 0) is 40.9 Å². The molecule has 1 amide bonds. The normalized spacial score (nSPS) is 14.3. The number of nitrogens with one attached hydrogen (secondary N) is 2.